The molecule has 0 radical (unpaired) electrons. The van der Waals surface area contributed by atoms with Crippen molar-refractivity contribution >= 4 is 5.91 Å². The number of aryl methyl sites for hydroxylation is 1. The first-order valence-electron chi connectivity index (χ1n) is 8.67. The van der Waals surface area contributed by atoms with Crippen molar-refractivity contribution in [3.63, 3.8) is 0 Å². The lowest BCUT2D eigenvalue weighted by Gasteiger charge is -2.25. The first-order chi connectivity index (χ1) is 13.0. The second kappa shape index (κ2) is 8.14. The van der Waals surface area contributed by atoms with Crippen LogP contribution in [0.5, 0.6) is 0 Å². The Morgan fingerprint density at radius 2 is 1.96 bits per heavy atom. The average molecular weight is 367 g/mol. The van der Waals surface area contributed by atoms with Crippen molar-refractivity contribution in [2.45, 2.75) is 19.5 Å². The lowest BCUT2D eigenvalue weighted by atomic mass is 10.00. The van der Waals surface area contributed by atoms with Crippen molar-refractivity contribution in [3.8, 4) is 11.3 Å². The fourth-order valence-electron chi connectivity index (χ4n) is 3.00. The maximum Gasteiger partial charge on any atom is 0.242 e. The highest BCUT2D eigenvalue weighted by molar-refractivity contribution is 5.83. The molecule has 140 valence electrons. The fourth-order valence-corrected chi connectivity index (χ4v) is 3.00. The minimum atomic E-state index is -0.406. The second-order valence-electron chi connectivity index (χ2n) is 6.63. The Kier molecular flexibility index (Phi) is 5.66. The van der Waals surface area contributed by atoms with Gasteiger partial charge in [-0.1, -0.05) is 41.6 Å². The highest BCUT2D eigenvalue weighted by atomic mass is 19.1. The van der Waals surface area contributed by atoms with Crippen LogP contribution in [0.25, 0.3) is 11.3 Å². The van der Waals surface area contributed by atoms with Crippen LogP contribution in [0.15, 0.2) is 59.1 Å². The van der Waals surface area contributed by atoms with Gasteiger partial charge in [0.15, 0.2) is 5.76 Å². The Morgan fingerprint density at radius 3 is 2.67 bits per heavy atom. The summed E-state index contributed by atoms with van der Waals surface area (Å²) in [5.41, 5.74) is 3.17. The van der Waals surface area contributed by atoms with Gasteiger partial charge in [-0.15, -0.1) is 0 Å². The number of likely N-dealkylation sites (N-methyl/N-ethyl adjacent to an activating group) is 1. The molecule has 0 aliphatic rings. The van der Waals surface area contributed by atoms with Crippen LogP contribution in [-0.2, 0) is 11.3 Å². The summed E-state index contributed by atoms with van der Waals surface area (Å²) < 4.78 is 18.6. The Morgan fingerprint density at radius 1 is 1.19 bits per heavy atom. The van der Waals surface area contributed by atoms with Crippen LogP contribution in [0.2, 0.25) is 0 Å². The Balaban J connectivity index is 1.70. The number of carbonyl (C=O) groups is 1. The maximum atomic E-state index is 13.4. The van der Waals surface area contributed by atoms with Gasteiger partial charge in [-0.25, -0.2) is 4.39 Å². The molecule has 1 amide bonds. The van der Waals surface area contributed by atoms with E-state index in [0.717, 1.165) is 11.1 Å². The van der Waals surface area contributed by atoms with Crippen LogP contribution in [0, 0.1) is 12.7 Å². The average Bonchev–Trinajstić information content (AvgIpc) is 3.11. The summed E-state index contributed by atoms with van der Waals surface area (Å²) in [6.45, 7) is 2.19. The van der Waals surface area contributed by atoms with Crippen molar-refractivity contribution < 1.29 is 13.7 Å². The number of hydrogen-bond acceptors (Lipinski definition) is 4. The van der Waals surface area contributed by atoms with E-state index in [4.69, 9.17) is 4.52 Å². The minimum absolute atomic E-state index is 0.127. The smallest absolute Gasteiger partial charge is 0.242 e. The fraction of sp³-hybridized carbons (Fsp3) is 0.238. The standard InChI is InChI=1S/C21H22FN3O2/c1-14-7-4-5-10-18(14)20(25(2)3)21(26)23-13-17-12-19(24-27-17)15-8-6-9-16(22)11-15/h4-12,20H,13H2,1-3H3,(H,23,26)/t20-/m1/s1. The molecule has 2 aromatic carbocycles. The summed E-state index contributed by atoms with van der Waals surface area (Å²) in [6, 6.07) is 15.2. The predicted molar refractivity (Wildman–Crippen MR) is 101 cm³/mol. The molecule has 0 unspecified atom stereocenters. The number of nitrogens with zero attached hydrogens (tertiary/aromatic N) is 2. The third-order valence-corrected chi connectivity index (χ3v) is 4.36. The molecular weight excluding hydrogens is 345 g/mol. The van der Waals surface area contributed by atoms with Gasteiger partial charge in [0.2, 0.25) is 5.91 Å². The predicted octanol–water partition coefficient (Wildman–Crippen LogP) is 3.71. The van der Waals surface area contributed by atoms with Crippen LogP contribution < -0.4 is 5.32 Å². The number of amides is 1. The number of aromatic nitrogens is 1. The van der Waals surface area contributed by atoms with Gasteiger partial charge in [0.1, 0.15) is 17.6 Å². The van der Waals surface area contributed by atoms with E-state index in [-0.39, 0.29) is 18.3 Å². The summed E-state index contributed by atoms with van der Waals surface area (Å²) in [5.74, 6) is 0.0420. The first kappa shape index (κ1) is 18.8. The zero-order chi connectivity index (χ0) is 19.4. The van der Waals surface area contributed by atoms with E-state index in [9.17, 15) is 9.18 Å². The molecule has 0 saturated heterocycles. The monoisotopic (exact) mass is 367 g/mol. The highest BCUT2D eigenvalue weighted by Crippen LogP contribution is 2.23. The molecule has 1 aromatic heterocycles. The Hall–Kier alpha value is -2.99. The zero-order valence-corrected chi connectivity index (χ0v) is 15.6. The van der Waals surface area contributed by atoms with E-state index < -0.39 is 6.04 Å². The largest absolute Gasteiger partial charge is 0.359 e. The minimum Gasteiger partial charge on any atom is -0.359 e. The van der Waals surface area contributed by atoms with Crippen molar-refractivity contribution in [2.24, 2.45) is 0 Å². The normalized spacial score (nSPS) is 12.2. The number of carbonyl (C=O) groups excluding carboxylic acids is 1. The molecule has 0 aliphatic heterocycles. The SMILES string of the molecule is Cc1ccccc1[C@H](C(=O)NCc1cc(-c2cccc(F)c2)no1)N(C)C. The van der Waals surface area contributed by atoms with E-state index >= 15 is 0 Å². The van der Waals surface area contributed by atoms with E-state index in [1.807, 2.05) is 50.2 Å². The Labute approximate surface area is 157 Å². The second-order valence-corrected chi connectivity index (χ2v) is 6.63. The number of hydrogen-bond donors (Lipinski definition) is 1. The van der Waals surface area contributed by atoms with Crippen molar-refractivity contribution in [1.82, 2.24) is 15.4 Å². The molecular formula is C21H22FN3O2. The third-order valence-electron chi connectivity index (χ3n) is 4.36. The Bertz CT molecular complexity index is 936. The van der Waals surface area contributed by atoms with Crippen molar-refractivity contribution in [2.75, 3.05) is 14.1 Å². The van der Waals surface area contributed by atoms with Crippen molar-refractivity contribution in [1.29, 1.82) is 0 Å². The molecule has 0 bridgehead atoms. The highest BCUT2D eigenvalue weighted by Gasteiger charge is 2.24. The van der Waals surface area contributed by atoms with Gasteiger partial charge < -0.3 is 9.84 Å². The van der Waals surface area contributed by atoms with E-state index in [2.05, 4.69) is 10.5 Å². The summed E-state index contributed by atoms with van der Waals surface area (Å²) in [4.78, 5) is 14.6. The maximum absolute atomic E-state index is 13.4. The van der Waals surface area contributed by atoms with Gasteiger partial charge in [-0.3, -0.25) is 9.69 Å². The molecule has 3 rings (SSSR count). The molecule has 5 nitrogen and oxygen atoms in total. The van der Waals surface area contributed by atoms with E-state index in [1.165, 1.54) is 12.1 Å². The van der Waals surface area contributed by atoms with Crippen LogP contribution >= 0.6 is 0 Å². The number of benzene rings is 2. The topological polar surface area (TPSA) is 58.4 Å². The molecule has 1 atom stereocenters. The molecule has 27 heavy (non-hydrogen) atoms. The van der Waals surface area contributed by atoms with Crippen molar-refractivity contribution in [3.05, 3.63) is 77.3 Å². The van der Waals surface area contributed by atoms with E-state index in [1.54, 1.807) is 18.2 Å². The van der Waals surface area contributed by atoms with Crippen LogP contribution in [0.4, 0.5) is 4.39 Å². The lowest BCUT2D eigenvalue weighted by Crippen LogP contribution is -2.37. The molecule has 3 aromatic rings. The van der Waals surface area contributed by atoms with Crippen LogP contribution in [0.3, 0.4) is 0 Å². The summed E-state index contributed by atoms with van der Waals surface area (Å²) in [6.07, 6.45) is 0. The quantitative estimate of drug-likeness (QED) is 0.722. The first-order valence-corrected chi connectivity index (χ1v) is 8.67. The van der Waals surface area contributed by atoms with Crippen LogP contribution in [0.1, 0.15) is 22.9 Å². The molecule has 0 fully saturated rings. The van der Waals surface area contributed by atoms with Crippen LogP contribution in [-0.4, -0.2) is 30.1 Å². The molecule has 6 heteroatoms. The summed E-state index contributed by atoms with van der Waals surface area (Å²) in [7, 11) is 3.74. The van der Waals surface area contributed by atoms with Gasteiger partial charge in [-0.2, -0.15) is 0 Å². The molecule has 0 saturated carbocycles. The third kappa shape index (κ3) is 4.41. The van der Waals surface area contributed by atoms with E-state index in [0.29, 0.717) is 17.0 Å². The molecule has 0 aliphatic carbocycles. The van der Waals surface area contributed by atoms with Gasteiger partial charge >= 0.3 is 0 Å². The van der Waals surface area contributed by atoms with Gasteiger partial charge in [0.25, 0.3) is 0 Å². The number of nitrogens with one attached hydrogen (secondary N) is 1. The summed E-state index contributed by atoms with van der Waals surface area (Å²) >= 11 is 0. The molecule has 0 spiro atoms. The van der Waals surface area contributed by atoms with Gasteiger partial charge in [0.05, 0.1) is 6.54 Å². The number of rotatable bonds is 6. The van der Waals surface area contributed by atoms with Gasteiger partial charge in [0, 0.05) is 11.6 Å². The molecule has 1 N–H and O–H groups in total. The van der Waals surface area contributed by atoms with Gasteiger partial charge in [-0.05, 0) is 44.3 Å². The summed E-state index contributed by atoms with van der Waals surface area (Å²) in [5, 5.41) is 6.85. The zero-order valence-electron chi connectivity index (χ0n) is 15.6. The lowest BCUT2D eigenvalue weighted by molar-refractivity contribution is -0.126. The number of halogens is 1. The molecule has 1 heterocycles.